The molecule has 0 N–H and O–H groups in total. The molecular formula is C30H29ClNOP. The predicted octanol–water partition coefficient (Wildman–Crippen LogP) is 3.26. The van der Waals surface area contributed by atoms with Crippen LogP contribution in [0.1, 0.15) is 24.8 Å². The second-order valence-electron chi connectivity index (χ2n) is 8.08. The van der Waals surface area contributed by atoms with Gasteiger partial charge in [-0.2, -0.15) is 5.26 Å². The van der Waals surface area contributed by atoms with Gasteiger partial charge < -0.3 is 17.1 Å². The average molecular weight is 486 g/mol. The van der Waals surface area contributed by atoms with Crippen LogP contribution < -0.4 is 33.1 Å². The lowest BCUT2D eigenvalue weighted by Crippen LogP contribution is -3.00. The Hall–Kier alpha value is -3.11. The number of ether oxygens (including phenoxy) is 1. The predicted molar refractivity (Wildman–Crippen MR) is 140 cm³/mol. The van der Waals surface area contributed by atoms with Gasteiger partial charge in [0, 0.05) is 6.42 Å². The second-order valence-corrected chi connectivity index (χ2v) is 11.6. The van der Waals surface area contributed by atoms with Crippen LogP contribution in [0, 0.1) is 11.3 Å². The van der Waals surface area contributed by atoms with E-state index in [1.807, 2.05) is 0 Å². The van der Waals surface area contributed by atoms with E-state index < -0.39 is 7.26 Å². The third kappa shape index (κ3) is 6.06. The lowest BCUT2D eigenvalue weighted by Gasteiger charge is -2.28. The van der Waals surface area contributed by atoms with Gasteiger partial charge in [0.25, 0.3) is 0 Å². The first kappa shape index (κ1) is 25.5. The molecule has 0 aromatic heterocycles. The third-order valence-corrected chi connectivity index (χ3v) is 10.3. The second kappa shape index (κ2) is 13.0. The number of unbranched alkanes of at least 4 members (excludes halogenated alkanes) is 2. The van der Waals surface area contributed by atoms with Crippen molar-refractivity contribution in [1.82, 2.24) is 0 Å². The van der Waals surface area contributed by atoms with Crippen molar-refractivity contribution in [2.75, 3.05) is 6.61 Å². The number of nitriles is 1. The van der Waals surface area contributed by atoms with Crippen molar-refractivity contribution in [3.8, 4) is 11.8 Å². The highest BCUT2D eigenvalue weighted by Crippen LogP contribution is 2.58. The van der Waals surface area contributed by atoms with Crippen molar-refractivity contribution < 1.29 is 17.1 Å². The molecule has 0 aliphatic rings. The van der Waals surface area contributed by atoms with Gasteiger partial charge in [0.05, 0.1) is 18.8 Å². The number of hydrogen-bond acceptors (Lipinski definition) is 2. The minimum Gasteiger partial charge on any atom is -1.00 e. The SMILES string of the molecule is N#CCCCCOc1ccc(C[P+](c2ccccc2)(c2ccccc2)c2ccccc2)cc1.[Cl-]. The van der Waals surface area contributed by atoms with Crippen LogP contribution in [0.25, 0.3) is 0 Å². The molecule has 4 heteroatoms. The Morgan fingerprint density at radius 1 is 0.618 bits per heavy atom. The lowest BCUT2D eigenvalue weighted by molar-refractivity contribution is -0.00000724. The van der Waals surface area contributed by atoms with Gasteiger partial charge in [-0.05, 0) is 66.9 Å². The molecule has 2 nitrogen and oxygen atoms in total. The van der Waals surface area contributed by atoms with Crippen LogP contribution in [0.3, 0.4) is 0 Å². The molecule has 0 saturated heterocycles. The molecule has 0 heterocycles. The van der Waals surface area contributed by atoms with E-state index in [0.29, 0.717) is 13.0 Å². The molecule has 4 aromatic carbocycles. The molecule has 172 valence electrons. The van der Waals surface area contributed by atoms with Crippen LogP contribution in [-0.2, 0) is 6.16 Å². The van der Waals surface area contributed by atoms with E-state index in [2.05, 4.69) is 121 Å². The van der Waals surface area contributed by atoms with E-state index in [-0.39, 0.29) is 12.4 Å². The smallest absolute Gasteiger partial charge is 0.119 e. The van der Waals surface area contributed by atoms with Gasteiger partial charge in [-0.15, -0.1) is 0 Å². The first-order valence-electron chi connectivity index (χ1n) is 11.5. The summed E-state index contributed by atoms with van der Waals surface area (Å²) in [6.45, 7) is 0.649. The summed E-state index contributed by atoms with van der Waals surface area (Å²) in [5, 5.41) is 12.8. The van der Waals surface area contributed by atoms with E-state index in [4.69, 9.17) is 10.00 Å². The van der Waals surface area contributed by atoms with Gasteiger partial charge >= 0.3 is 0 Å². The van der Waals surface area contributed by atoms with E-state index in [9.17, 15) is 0 Å². The van der Waals surface area contributed by atoms with E-state index in [0.717, 1.165) is 24.8 Å². The fourth-order valence-electron chi connectivity index (χ4n) is 4.23. The van der Waals surface area contributed by atoms with Gasteiger partial charge in [0.2, 0.25) is 0 Å². The molecule has 4 rings (SSSR count). The maximum absolute atomic E-state index is 8.66. The summed E-state index contributed by atoms with van der Waals surface area (Å²) < 4.78 is 5.89. The number of benzene rings is 4. The molecule has 0 radical (unpaired) electrons. The molecule has 0 aliphatic heterocycles. The molecule has 0 amide bonds. The molecule has 0 spiro atoms. The Morgan fingerprint density at radius 2 is 1.09 bits per heavy atom. The summed E-state index contributed by atoms with van der Waals surface area (Å²) in [5.41, 5.74) is 1.30. The summed E-state index contributed by atoms with van der Waals surface area (Å²) in [6, 6.07) is 43.6. The molecule has 0 unspecified atom stereocenters. The highest BCUT2D eigenvalue weighted by molar-refractivity contribution is 7.95. The molecule has 0 saturated carbocycles. The number of nitrogens with zero attached hydrogens (tertiary/aromatic N) is 1. The van der Waals surface area contributed by atoms with Gasteiger partial charge in [-0.3, -0.25) is 0 Å². The number of hydrogen-bond donors (Lipinski definition) is 0. The largest absolute Gasteiger partial charge is 1.00 e. The molecule has 34 heavy (non-hydrogen) atoms. The average Bonchev–Trinajstić information content (AvgIpc) is 2.89. The van der Waals surface area contributed by atoms with Crippen LogP contribution in [-0.4, -0.2) is 6.61 Å². The Labute approximate surface area is 210 Å². The first-order valence-corrected chi connectivity index (χ1v) is 13.4. The number of halogens is 1. The first-order chi connectivity index (χ1) is 16.3. The normalized spacial score (nSPS) is 10.7. The fourth-order valence-corrected chi connectivity index (χ4v) is 8.47. The van der Waals surface area contributed by atoms with E-state index in [1.54, 1.807) is 0 Å². The summed E-state index contributed by atoms with van der Waals surface area (Å²) in [7, 11) is -1.90. The standard InChI is InChI=1S/C30H29NOP.ClH/c31-23-11-4-12-24-32-27-21-19-26(20-22-27)25-33(28-13-5-1-6-14-28,29-15-7-2-8-16-29)30-17-9-3-10-18-30;/h1-3,5-10,13-22H,4,11-12,24-25H2;1H/q+1;/p-1. The van der Waals surface area contributed by atoms with Crippen molar-refractivity contribution in [2.45, 2.75) is 25.4 Å². The van der Waals surface area contributed by atoms with Gasteiger partial charge in [-0.25, -0.2) is 0 Å². The van der Waals surface area contributed by atoms with Crippen LogP contribution >= 0.6 is 7.26 Å². The minimum atomic E-state index is -1.90. The molecule has 0 fully saturated rings. The highest BCUT2D eigenvalue weighted by Gasteiger charge is 2.45. The summed E-state index contributed by atoms with van der Waals surface area (Å²) in [6.07, 6.45) is 3.33. The van der Waals surface area contributed by atoms with Crippen molar-refractivity contribution in [2.24, 2.45) is 0 Å². The Balaban J connectivity index is 0.00000324. The zero-order chi connectivity index (χ0) is 22.8. The minimum absolute atomic E-state index is 0. The molecule has 0 atom stereocenters. The van der Waals surface area contributed by atoms with Crippen molar-refractivity contribution >= 4 is 23.2 Å². The number of rotatable bonds is 10. The Kier molecular flexibility index (Phi) is 9.72. The fraction of sp³-hybridized carbons (Fsp3) is 0.167. The van der Waals surface area contributed by atoms with Crippen LogP contribution in [0.4, 0.5) is 0 Å². The van der Waals surface area contributed by atoms with Crippen molar-refractivity contribution in [3.63, 3.8) is 0 Å². The maximum atomic E-state index is 8.66. The van der Waals surface area contributed by atoms with E-state index >= 15 is 0 Å². The molecule has 4 aromatic rings. The molecule has 0 bridgehead atoms. The topological polar surface area (TPSA) is 33.0 Å². The maximum Gasteiger partial charge on any atom is 0.119 e. The summed E-state index contributed by atoms with van der Waals surface area (Å²) in [5.74, 6) is 0.888. The zero-order valence-corrected chi connectivity index (χ0v) is 20.8. The Morgan fingerprint density at radius 3 is 1.53 bits per heavy atom. The monoisotopic (exact) mass is 485 g/mol. The summed E-state index contributed by atoms with van der Waals surface area (Å²) in [4.78, 5) is 0. The Bertz CT molecular complexity index is 1060. The molecular weight excluding hydrogens is 457 g/mol. The highest BCUT2D eigenvalue weighted by atomic mass is 35.5. The van der Waals surface area contributed by atoms with E-state index in [1.165, 1.54) is 21.5 Å². The van der Waals surface area contributed by atoms with Crippen LogP contribution in [0.15, 0.2) is 115 Å². The van der Waals surface area contributed by atoms with Crippen molar-refractivity contribution in [1.29, 1.82) is 5.26 Å². The van der Waals surface area contributed by atoms with Gasteiger partial charge in [0.15, 0.2) is 0 Å². The van der Waals surface area contributed by atoms with Gasteiger partial charge in [0.1, 0.15) is 28.9 Å². The van der Waals surface area contributed by atoms with Crippen LogP contribution in [0.2, 0.25) is 0 Å². The zero-order valence-electron chi connectivity index (χ0n) is 19.2. The summed E-state index contributed by atoms with van der Waals surface area (Å²) >= 11 is 0. The third-order valence-electron chi connectivity index (χ3n) is 5.89. The van der Waals surface area contributed by atoms with Crippen LogP contribution in [0.5, 0.6) is 5.75 Å². The lowest BCUT2D eigenvalue weighted by atomic mass is 10.2. The quantitative estimate of drug-likeness (QED) is 0.255. The molecule has 0 aliphatic carbocycles. The van der Waals surface area contributed by atoms with Gasteiger partial charge in [-0.1, -0.05) is 66.7 Å². The van der Waals surface area contributed by atoms with Crippen molar-refractivity contribution in [3.05, 3.63) is 121 Å².